The van der Waals surface area contributed by atoms with Gasteiger partial charge < -0.3 is 24.6 Å². The molecular formula is C24H37N3O5. The number of rotatable bonds is 6. The Kier molecular flexibility index (Phi) is 8.92. The molecule has 1 N–H and O–H groups in total. The predicted molar refractivity (Wildman–Crippen MR) is 122 cm³/mol. The van der Waals surface area contributed by atoms with Crippen molar-refractivity contribution >= 4 is 18.1 Å². The number of carbonyl (C=O) groups excluding carboxylic acids is 3. The maximum atomic E-state index is 12.9. The van der Waals surface area contributed by atoms with E-state index >= 15 is 0 Å². The van der Waals surface area contributed by atoms with Crippen LogP contribution in [0.2, 0.25) is 0 Å². The van der Waals surface area contributed by atoms with E-state index in [1.54, 1.807) is 44.7 Å². The first-order valence-corrected chi connectivity index (χ1v) is 11.2. The fourth-order valence-corrected chi connectivity index (χ4v) is 3.59. The van der Waals surface area contributed by atoms with Crippen LogP contribution in [0.4, 0.5) is 9.59 Å². The van der Waals surface area contributed by atoms with E-state index in [0.717, 1.165) is 5.56 Å². The Balaban J connectivity index is 2.02. The predicted octanol–water partition coefficient (Wildman–Crippen LogP) is 3.45. The first-order valence-electron chi connectivity index (χ1n) is 11.2. The zero-order chi connectivity index (χ0) is 23.9. The van der Waals surface area contributed by atoms with Crippen molar-refractivity contribution in [2.45, 2.75) is 64.7 Å². The van der Waals surface area contributed by atoms with E-state index in [0.29, 0.717) is 32.4 Å². The summed E-state index contributed by atoms with van der Waals surface area (Å²) in [5.41, 5.74) is 0.391. The number of nitrogens with one attached hydrogen (secondary N) is 1. The standard InChI is InChI=1S/C24H37N3O5/c1-17(25-22(29)32-24(2,3)4)20(16-18-10-8-7-9-11-18)31-21(28)19-12-14-27(15-13-19)23(30)26(5)6/h7-11,17,19-20H,12-16H2,1-6H3,(H,25,29)/t17-,20-/m0/s1. The normalized spacial score (nSPS) is 16.6. The third kappa shape index (κ3) is 8.05. The number of likely N-dealkylation sites (tertiary alicyclic amines) is 1. The SMILES string of the molecule is C[C@H](NC(=O)OC(C)(C)C)[C@H](Cc1ccccc1)OC(=O)C1CCN(C(=O)N(C)C)CC1. The smallest absolute Gasteiger partial charge is 0.407 e. The van der Waals surface area contributed by atoms with E-state index in [1.807, 2.05) is 37.3 Å². The van der Waals surface area contributed by atoms with E-state index in [1.165, 1.54) is 0 Å². The zero-order valence-corrected chi connectivity index (χ0v) is 20.1. The van der Waals surface area contributed by atoms with Crippen LogP contribution in [0.3, 0.4) is 0 Å². The monoisotopic (exact) mass is 447 g/mol. The van der Waals surface area contributed by atoms with Crippen LogP contribution in [0.25, 0.3) is 0 Å². The molecule has 2 rings (SSSR count). The molecular weight excluding hydrogens is 410 g/mol. The van der Waals surface area contributed by atoms with Gasteiger partial charge in [0.25, 0.3) is 0 Å². The molecule has 0 unspecified atom stereocenters. The van der Waals surface area contributed by atoms with E-state index in [9.17, 15) is 14.4 Å². The summed E-state index contributed by atoms with van der Waals surface area (Å²) in [6.07, 6.45) is 0.504. The first kappa shape index (κ1) is 25.5. The highest BCUT2D eigenvalue weighted by Gasteiger charge is 2.32. The van der Waals surface area contributed by atoms with Crippen LogP contribution in [-0.4, -0.2) is 72.8 Å². The van der Waals surface area contributed by atoms with Crippen molar-refractivity contribution in [1.29, 1.82) is 0 Å². The van der Waals surface area contributed by atoms with Crippen molar-refractivity contribution in [2.75, 3.05) is 27.2 Å². The average molecular weight is 448 g/mol. The number of nitrogens with zero attached hydrogens (tertiary/aromatic N) is 2. The van der Waals surface area contributed by atoms with Crippen LogP contribution in [0.5, 0.6) is 0 Å². The summed E-state index contributed by atoms with van der Waals surface area (Å²) >= 11 is 0. The first-order chi connectivity index (χ1) is 15.0. The molecule has 3 amide bonds. The molecule has 1 aromatic carbocycles. The van der Waals surface area contributed by atoms with Crippen LogP contribution in [0.1, 0.15) is 46.1 Å². The Morgan fingerprint density at radius 2 is 1.72 bits per heavy atom. The molecule has 1 aliphatic rings. The topological polar surface area (TPSA) is 88.2 Å². The summed E-state index contributed by atoms with van der Waals surface area (Å²) < 4.78 is 11.3. The molecule has 1 fully saturated rings. The van der Waals surface area contributed by atoms with Gasteiger partial charge in [0.05, 0.1) is 12.0 Å². The molecule has 8 nitrogen and oxygen atoms in total. The molecule has 0 bridgehead atoms. The average Bonchev–Trinajstić information content (AvgIpc) is 2.72. The fraction of sp³-hybridized carbons (Fsp3) is 0.625. The fourth-order valence-electron chi connectivity index (χ4n) is 3.59. The minimum atomic E-state index is -0.618. The van der Waals surface area contributed by atoms with Gasteiger partial charge in [0, 0.05) is 33.6 Å². The van der Waals surface area contributed by atoms with Crippen LogP contribution in [-0.2, 0) is 20.7 Å². The van der Waals surface area contributed by atoms with Crippen molar-refractivity contribution in [3.05, 3.63) is 35.9 Å². The van der Waals surface area contributed by atoms with Crippen molar-refractivity contribution in [2.24, 2.45) is 5.92 Å². The molecule has 1 heterocycles. The Hall–Kier alpha value is -2.77. The van der Waals surface area contributed by atoms with Gasteiger partial charge in [0.1, 0.15) is 11.7 Å². The highest BCUT2D eigenvalue weighted by atomic mass is 16.6. The number of alkyl carbamates (subject to hydrolysis) is 1. The molecule has 0 aliphatic carbocycles. The summed E-state index contributed by atoms with van der Waals surface area (Å²) in [5.74, 6) is -0.561. The second-order valence-corrected chi connectivity index (χ2v) is 9.54. The van der Waals surface area contributed by atoms with Crippen molar-refractivity contribution in [3.8, 4) is 0 Å². The Morgan fingerprint density at radius 1 is 1.12 bits per heavy atom. The van der Waals surface area contributed by atoms with Crippen molar-refractivity contribution in [3.63, 3.8) is 0 Å². The van der Waals surface area contributed by atoms with Gasteiger partial charge >= 0.3 is 18.1 Å². The molecule has 0 radical (unpaired) electrons. The van der Waals surface area contributed by atoms with Crippen LogP contribution < -0.4 is 5.32 Å². The molecule has 1 saturated heterocycles. The number of esters is 1. The summed E-state index contributed by atoms with van der Waals surface area (Å²) in [7, 11) is 3.44. The molecule has 32 heavy (non-hydrogen) atoms. The lowest BCUT2D eigenvalue weighted by Gasteiger charge is -2.34. The van der Waals surface area contributed by atoms with Crippen molar-refractivity contribution < 1.29 is 23.9 Å². The maximum Gasteiger partial charge on any atom is 0.407 e. The molecule has 1 aromatic rings. The van der Waals surface area contributed by atoms with Gasteiger partial charge in [0.2, 0.25) is 0 Å². The molecule has 8 heteroatoms. The highest BCUT2D eigenvalue weighted by molar-refractivity contribution is 5.76. The summed E-state index contributed by atoms with van der Waals surface area (Å²) in [6, 6.07) is 9.22. The summed E-state index contributed by atoms with van der Waals surface area (Å²) in [6.45, 7) is 8.24. The molecule has 0 aromatic heterocycles. The number of amides is 3. The minimum Gasteiger partial charge on any atom is -0.460 e. The quantitative estimate of drug-likeness (QED) is 0.675. The van der Waals surface area contributed by atoms with Gasteiger partial charge in [-0.15, -0.1) is 0 Å². The van der Waals surface area contributed by atoms with E-state index < -0.39 is 23.8 Å². The van der Waals surface area contributed by atoms with Gasteiger partial charge in [-0.1, -0.05) is 30.3 Å². The number of hydrogen-bond donors (Lipinski definition) is 1. The van der Waals surface area contributed by atoms with Crippen LogP contribution in [0.15, 0.2) is 30.3 Å². The number of urea groups is 1. The lowest BCUT2D eigenvalue weighted by atomic mass is 9.96. The number of hydrogen-bond acceptors (Lipinski definition) is 5. The largest absolute Gasteiger partial charge is 0.460 e. The Morgan fingerprint density at radius 3 is 2.25 bits per heavy atom. The Bertz CT molecular complexity index is 768. The second-order valence-electron chi connectivity index (χ2n) is 9.54. The molecule has 2 atom stereocenters. The summed E-state index contributed by atoms with van der Waals surface area (Å²) in [5, 5.41) is 2.80. The van der Waals surface area contributed by atoms with Crippen LogP contribution in [0, 0.1) is 5.92 Å². The number of carbonyl (C=O) groups is 3. The van der Waals surface area contributed by atoms with Gasteiger partial charge in [0.15, 0.2) is 0 Å². The van der Waals surface area contributed by atoms with E-state index in [4.69, 9.17) is 9.47 Å². The van der Waals surface area contributed by atoms with Gasteiger partial charge in [-0.05, 0) is 46.1 Å². The zero-order valence-electron chi connectivity index (χ0n) is 20.1. The summed E-state index contributed by atoms with van der Waals surface area (Å²) in [4.78, 5) is 40.6. The van der Waals surface area contributed by atoms with E-state index in [-0.39, 0.29) is 17.9 Å². The molecule has 1 aliphatic heterocycles. The third-order valence-electron chi connectivity index (χ3n) is 5.33. The lowest BCUT2D eigenvalue weighted by Crippen LogP contribution is -2.48. The third-order valence-corrected chi connectivity index (χ3v) is 5.33. The lowest BCUT2D eigenvalue weighted by molar-refractivity contribution is -0.156. The van der Waals surface area contributed by atoms with E-state index in [2.05, 4.69) is 5.32 Å². The van der Waals surface area contributed by atoms with Gasteiger partial charge in [-0.2, -0.15) is 0 Å². The molecule has 0 saturated carbocycles. The number of benzene rings is 1. The minimum absolute atomic E-state index is 0.0473. The Labute approximate surface area is 191 Å². The number of piperidine rings is 1. The van der Waals surface area contributed by atoms with Gasteiger partial charge in [-0.25, -0.2) is 9.59 Å². The number of ether oxygens (including phenoxy) is 2. The van der Waals surface area contributed by atoms with Crippen molar-refractivity contribution in [1.82, 2.24) is 15.1 Å². The molecule has 0 spiro atoms. The highest BCUT2D eigenvalue weighted by Crippen LogP contribution is 2.22. The maximum absolute atomic E-state index is 12.9. The van der Waals surface area contributed by atoms with Crippen LogP contribution >= 0.6 is 0 Å². The van der Waals surface area contributed by atoms with Gasteiger partial charge in [-0.3, -0.25) is 4.79 Å². The molecule has 178 valence electrons. The second kappa shape index (κ2) is 11.2.